The highest BCUT2D eigenvalue weighted by Gasteiger charge is 2.40. The molecule has 1 aromatic rings. The van der Waals surface area contributed by atoms with Crippen molar-refractivity contribution in [1.29, 1.82) is 0 Å². The van der Waals surface area contributed by atoms with Gasteiger partial charge in [0.15, 0.2) is 0 Å². The highest BCUT2D eigenvalue weighted by molar-refractivity contribution is 7.99. The number of ether oxygens (including phenoxy) is 1. The third kappa shape index (κ3) is 3.86. The minimum atomic E-state index is 0.112. The number of nitrogens with one attached hydrogen (secondary N) is 1. The minimum Gasteiger partial charge on any atom is -0.469 e. The maximum Gasteiger partial charge on any atom is 0.220 e. The van der Waals surface area contributed by atoms with Gasteiger partial charge in [0.2, 0.25) is 5.91 Å². The number of amides is 1. The summed E-state index contributed by atoms with van der Waals surface area (Å²) in [5.41, 5.74) is 0.120. The molecular formula is C16H24N2O3S. The molecule has 0 spiro atoms. The summed E-state index contributed by atoms with van der Waals surface area (Å²) in [5, 5.41) is 3.15. The van der Waals surface area contributed by atoms with Crippen molar-refractivity contribution in [1.82, 2.24) is 10.2 Å². The molecule has 0 radical (unpaired) electrons. The highest BCUT2D eigenvalue weighted by Crippen LogP contribution is 2.33. The Hall–Kier alpha value is -0.980. The van der Waals surface area contributed by atoms with Crippen molar-refractivity contribution in [3.63, 3.8) is 0 Å². The van der Waals surface area contributed by atoms with E-state index in [4.69, 9.17) is 9.15 Å². The number of hydrogen-bond acceptors (Lipinski definition) is 5. The minimum absolute atomic E-state index is 0.112. The van der Waals surface area contributed by atoms with Crippen LogP contribution >= 0.6 is 11.8 Å². The molecule has 1 amide bonds. The Kier molecular flexibility index (Phi) is 5.44. The molecular weight excluding hydrogens is 300 g/mol. The zero-order chi connectivity index (χ0) is 15.3. The summed E-state index contributed by atoms with van der Waals surface area (Å²) in [7, 11) is 0. The van der Waals surface area contributed by atoms with Gasteiger partial charge in [0.05, 0.1) is 19.5 Å². The second-order valence-corrected chi connectivity index (χ2v) is 7.09. The number of carbonyl (C=O) groups is 1. The molecule has 2 aliphatic heterocycles. The first-order chi connectivity index (χ1) is 10.8. The van der Waals surface area contributed by atoms with Crippen molar-refractivity contribution in [2.24, 2.45) is 0 Å². The van der Waals surface area contributed by atoms with Gasteiger partial charge in [-0.2, -0.15) is 11.8 Å². The van der Waals surface area contributed by atoms with E-state index in [0.29, 0.717) is 12.8 Å². The fourth-order valence-corrected chi connectivity index (χ4v) is 4.66. The summed E-state index contributed by atoms with van der Waals surface area (Å²) >= 11 is 1.99. The van der Waals surface area contributed by atoms with Crippen LogP contribution in [0.2, 0.25) is 0 Å². The van der Waals surface area contributed by atoms with Crippen LogP contribution in [0, 0.1) is 0 Å². The van der Waals surface area contributed by atoms with E-state index in [0.717, 1.165) is 50.8 Å². The molecule has 22 heavy (non-hydrogen) atoms. The SMILES string of the molecule is O=C(CCc1ccco1)NC[C@@]1(N2CCOCC2)CCSC1. The molecule has 0 saturated carbocycles. The van der Waals surface area contributed by atoms with E-state index in [-0.39, 0.29) is 11.4 Å². The molecule has 2 saturated heterocycles. The van der Waals surface area contributed by atoms with Crippen molar-refractivity contribution in [2.75, 3.05) is 44.4 Å². The van der Waals surface area contributed by atoms with Crippen molar-refractivity contribution in [3.8, 4) is 0 Å². The van der Waals surface area contributed by atoms with Crippen LogP contribution in [0.25, 0.3) is 0 Å². The van der Waals surface area contributed by atoms with E-state index in [1.807, 2.05) is 23.9 Å². The maximum atomic E-state index is 12.1. The van der Waals surface area contributed by atoms with Crippen LogP contribution in [0.15, 0.2) is 22.8 Å². The maximum absolute atomic E-state index is 12.1. The number of carbonyl (C=O) groups excluding carboxylic acids is 1. The van der Waals surface area contributed by atoms with Gasteiger partial charge in [-0.25, -0.2) is 0 Å². The summed E-state index contributed by atoms with van der Waals surface area (Å²) in [6.45, 7) is 4.31. The van der Waals surface area contributed by atoms with Gasteiger partial charge in [0.25, 0.3) is 0 Å². The molecule has 1 aromatic heterocycles. The van der Waals surface area contributed by atoms with Crippen LogP contribution in [0.5, 0.6) is 0 Å². The third-order valence-electron chi connectivity index (χ3n) is 4.56. The van der Waals surface area contributed by atoms with E-state index < -0.39 is 0 Å². The van der Waals surface area contributed by atoms with Gasteiger partial charge in [-0.3, -0.25) is 9.69 Å². The Morgan fingerprint density at radius 3 is 2.95 bits per heavy atom. The summed E-state index contributed by atoms with van der Waals surface area (Å²) in [5.74, 6) is 3.26. The summed E-state index contributed by atoms with van der Waals surface area (Å²) in [6, 6.07) is 3.77. The first kappa shape index (κ1) is 15.9. The van der Waals surface area contributed by atoms with E-state index in [1.54, 1.807) is 6.26 Å². The fourth-order valence-electron chi connectivity index (χ4n) is 3.18. The second kappa shape index (κ2) is 7.53. The molecule has 0 unspecified atom stereocenters. The molecule has 3 heterocycles. The third-order valence-corrected chi connectivity index (χ3v) is 5.79. The van der Waals surface area contributed by atoms with Gasteiger partial charge < -0.3 is 14.5 Å². The van der Waals surface area contributed by atoms with Crippen LogP contribution in [-0.4, -0.2) is 60.7 Å². The Morgan fingerprint density at radius 1 is 1.41 bits per heavy atom. The average Bonchev–Trinajstić information content (AvgIpc) is 3.24. The molecule has 1 N–H and O–H groups in total. The number of hydrogen-bond donors (Lipinski definition) is 1. The number of rotatable bonds is 6. The lowest BCUT2D eigenvalue weighted by Crippen LogP contribution is -2.59. The van der Waals surface area contributed by atoms with E-state index in [1.165, 1.54) is 5.75 Å². The standard InChI is InChI=1S/C16H24N2O3S/c19-15(4-3-14-2-1-8-21-14)17-12-16(5-11-22-13-16)18-6-9-20-10-7-18/h1-2,8H,3-7,9-13H2,(H,17,19)/t16-/m0/s1. The van der Waals surface area contributed by atoms with Crippen LogP contribution in [0.3, 0.4) is 0 Å². The molecule has 0 aromatic carbocycles. The predicted molar refractivity (Wildman–Crippen MR) is 87.1 cm³/mol. The lowest BCUT2D eigenvalue weighted by Gasteiger charge is -2.43. The molecule has 5 nitrogen and oxygen atoms in total. The van der Waals surface area contributed by atoms with Crippen molar-refractivity contribution in [3.05, 3.63) is 24.2 Å². The van der Waals surface area contributed by atoms with E-state index in [2.05, 4.69) is 10.2 Å². The van der Waals surface area contributed by atoms with Crippen molar-refractivity contribution < 1.29 is 13.9 Å². The predicted octanol–water partition coefficient (Wildman–Crippen LogP) is 1.54. The van der Waals surface area contributed by atoms with Gasteiger partial charge in [0, 0.05) is 43.8 Å². The number of morpholine rings is 1. The molecule has 1 atom stereocenters. The van der Waals surface area contributed by atoms with E-state index in [9.17, 15) is 4.79 Å². The zero-order valence-electron chi connectivity index (χ0n) is 12.9. The monoisotopic (exact) mass is 324 g/mol. The van der Waals surface area contributed by atoms with Gasteiger partial charge in [-0.15, -0.1) is 0 Å². The molecule has 2 fully saturated rings. The van der Waals surface area contributed by atoms with Crippen LogP contribution in [0.4, 0.5) is 0 Å². The van der Waals surface area contributed by atoms with Crippen LogP contribution in [-0.2, 0) is 16.0 Å². The Bertz CT molecular complexity index is 466. The molecule has 122 valence electrons. The van der Waals surface area contributed by atoms with Crippen molar-refractivity contribution in [2.45, 2.75) is 24.8 Å². The van der Waals surface area contributed by atoms with Crippen LogP contribution < -0.4 is 5.32 Å². The first-order valence-electron chi connectivity index (χ1n) is 7.98. The molecule has 3 rings (SSSR count). The second-order valence-electron chi connectivity index (χ2n) is 5.98. The molecule has 2 aliphatic rings. The number of aryl methyl sites for hydroxylation is 1. The van der Waals surface area contributed by atoms with Gasteiger partial charge >= 0.3 is 0 Å². The van der Waals surface area contributed by atoms with E-state index >= 15 is 0 Å². The summed E-state index contributed by atoms with van der Waals surface area (Å²) in [4.78, 5) is 14.6. The molecule has 6 heteroatoms. The quantitative estimate of drug-likeness (QED) is 0.860. The van der Waals surface area contributed by atoms with Crippen molar-refractivity contribution >= 4 is 17.7 Å². The van der Waals surface area contributed by atoms with Crippen LogP contribution in [0.1, 0.15) is 18.6 Å². The van der Waals surface area contributed by atoms with Gasteiger partial charge in [-0.05, 0) is 24.3 Å². The normalized spacial score (nSPS) is 26.2. The molecule has 0 aliphatic carbocycles. The fraction of sp³-hybridized carbons (Fsp3) is 0.688. The van der Waals surface area contributed by atoms with Gasteiger partial charge in [-0.1, -0.05) is 0 Å². The topological polar surface area (TPSA) is 54.7 Å². The Morgan fingerprint density at radius 2 is 2.27 bits per heavy atom. The summed E-state index contributed by atoms with van der Waals surface area (Å²) in [6.07, 6.45) is 3.95. The van der Waals surface area contributed by atoms with Gasteiger partial charge in [0.1, 0.15) is 5.76 Å². The molecule has 0 bridgehead atoms. The summed E-state index contributed by atoms with van der Waals surface area (Å²) < 4.78 is 10.7. The smallest absolute Gasteiger partial charge is 0.220 e. The lowest BCUT2D eigenvalue weighted by atomic mass is 9.95. The largest absolute Gasteiger partial charge is 0.469 e. The average molecular weight is 324 g/mol. The first-order valence-corrected chi connectivity index (χ1v) is 9.14. The Balaban J connectivity index is 1.49. The Labute approximate surface area is 135 Å². The zero-order valence-corrected chi connectivity index (χ0v) is 13.7. The number of nitrogens with zero attached hydrogens (tertiary/aromatic N) is 1. The number of thioether (sulfide) groups is 1. The lowest BCUT2D eigenvalue weighted by molar-refractivity contribution is -0.122. The highest BCUT2D eigenvalue weighted by atomic mass is 32.2. The number of furan rings is 1.